The molecule has 1 aromatic carbocycles. The first-order valence-electron chi connectivity index (χ1n) is 8.31. The van der Waals surface area contributed by atoms with E-state index in [4.69, 9.17) is 9.84 Å². The van der Waals surface area contributed by atoms with Crippen molar-refractivity contribution in [3.8, 4) is 5.75 Å². The molecule has 1 N–H and O–H groups in total. The van der Waals surface area contributed by atoms with Gasteiger partial charge < -0.3 is 9.84 Å². The van der Waals surface area contributed by atoms with Gasteiger partial charge in [0.1, 0.15) is 17.1 Å². The lowest BCUT2D eigenvalue weighted by Crippen LogP contribution is -2.05. The first-order valence-corrected chi connectivity index (χ1v) is 8.31. The molecule has 0 amide bonds. The maximum absolute atomic E-state index is 11.2. The number of pyridine rings is 1. The van der Waals surface area contributed by atoms with E-state index in [9.17, 15) is 4.79 Å². The lowest BCUT2D eigenvalue weighted by Gasteiger charge is -2.10. The summed E-state index contributed by atoms with van der Waals surface area (Å²) in [5.74, 6) is 0.0579. The van der Waals surface area contributed by atoms with Crippen LogP contribution < -0.4 is 4.74 Å². The van der Waals surface area contributed by atoms with Gasteiger partial charge in [0.2, 0.25) is 0 Å². The number of hydrogen-bond acceptors (Lipinski definition) is 5. The van der Waals surface area contributed by atoms with Crippen molar-refractivity contribution < 1.29 is 14.6 Å². The van der Waals surface area contributed by atoms with Gasteiger partial charge in [-0.2, -0.15) is 0 Å². The lowest BCUT2D eigenvalue weighted by molar-refractivity contribution is -0.136. The SMILES string of the molecule is Cc1ccn2c(N=Nc3ccccc3OC(C)C)c(CC(=O)O)nc2c1. The fourth-order valence-corrected chi connectivity index (χ4v) is 2.54. The van der Waals surface area contributed by atoms with Crippen LogP contribution in [0.3, 0.4) is 0 Å². The van der Waals surface area contributed by atoms with E-state index < -0.39 is 5.97 Å². The molecule has 0 fully saturated rings. The smallest absolute Gasteiger partial charge is 0.309 e. The number of benzene rings is 1. The highest BCUT2D eigenvalue weighted by Gasteiger charge is 2.15. The molecule has 0 spiro atoms. The summed E-state index contributed by atoms with van der Waals surface area (Å²) in [4.78, 5) is 15.6. The summed E-state index contributed by atoms with van der Waals surface area (Å²) in [7, 11) is 0. The zero-order chi connectivity index (χ0) is 18.7. The number of aryl methyl sites for hydroxylation is 1. The number of aliphatic carboxylic acids is 1. The van der Waals surface area contributed by atoms with Crippen LogP contribution in [0.4, 0.5) is 11.5 Å². The second-order valence-corrected chi connectivity index (χ2v) is 6.22. The molecule has 134 valence electrons. The Morgan fingerprint density at radius 1 is 1.27 bits per heavy atom. The first kappa shape index (κ1) is 17.6. The van der Waals surface area contributed by atoms with Crippen LogP contribution >= 0.6 is 0 Å². The van der Waals surface area contributed by atoms with Gasteiger partial charge >= 0.3 is 5.97 Å². The van der Waals surface area contributed by atoms with Crippen molar-refractivity contribution in [2.45, 2.75) is 33.3 Å². The number of carboxylic acids is 1. The predicted octanol–water partition coefficient (Wildman–Crippen LogP) is 4.47. The Hall–Kier alpha value is -3.22. The van der Waals surface area contributed by atoms with Gasteiger partial charge in [0.05, 0.1) is 18.2 Å². The number of ether oxygens (including phenoxy) is 1. The lowest BCUT2D eigenvalue weighted by atomic mass is 10.3. The topological polar surface area (TPSA) is 88.5 Å². The van der Waals surface area contributed by atoms with Gasteiger partial charge in [-0.05, 0) is 50.6 Å². The van der Waals surface area contributed by atoms with Gasteiger partial charge in [0.15, 0.2) is 5.82 Å². The molecule has 7 nitrogen and oxygen atoms in total. The summed E-state index contributed by atoms with van der Waals surface area (Å²) in [6.45, 7) is 5.82. The number of fused-ring (bicyclic) bond motifs is 1. The molecule has 2 aromatic heterocycles. The molecule has 0 bridgehead atoms. The summed E-state index contributed by atoms with van der Waals surface area (Å²) in [6.07, 6.45) is 1.60. The molecule has 0 aliphatic heterocycles. The van der Waals surface area contributed by atoms with Crippen LogP contribution in [-0.2, 0) is 11.2 Å². The highest BCUT2D eigenvalue weighted by atomic mass is 16.5. The third-order valence-electron chi connectivity index (χ3n) is 3.62. The molecule has 2 heterocycles. The highest BCUT2D eigenvalue weighted by Crippen LogP contribution is 2.31. The molecule has 0 atom stereocenters. The predicted molar refractivity (Wildman–Crippen MR) is 97.7 cm³/mol. The van der Waals surface area contributed by atoms with E-state index in [0.717, 1.165) is 5.56 Å². The standard InChI is InChI=1S/C19H20N4O3/c1-12(2)26-16-7-5-4-6-14(16)21-22-19-15(11-18(24)25)20-17-10-13(3)8-9-23(17)19/h4-10,12H,11H2,1-3H3,(H,24,25). The van der Waals surface area contributed by atoms with Crippen LogP contribution in [0.15, 0.2) is 52.8 Å². The van der Waals surface area contributed by atoms with Crippen LogP contribution in [0.1, 0.15) is 25.1 Å². The third-order valence-corrected chi connectivity index (χ3v) is 3.62. The molecular formula is C19H20N4O3. The molecule has 0 aliphatic carbocycles. The average Bonchev–Trinajstić information content (AvgIpc) is 2.89. The van der Waals surface area contributed by atoms with Gasteiger partial charge in [-0.1, -0.05) is 12.1 Å². The van der Waals surface area contributed by atoms with Crippen LogP contribution in [0.5, 0.6) is 5.75 Å². The van der Waals surface area contributed by atoms with Crippen molar-refractivity contribution in [3.63, 3.8) is 0 Å². The molecule has 26 heavy (non-hydrogen) atoms. The molecule has 3 aromatic rings. The number of nitrogens with zero attached hydrogens (tertiary/aromatic N) is 4. The van der Waals surface area contributed by atoms with E-state index in [1.165, 1.54) is 0 Å². The Morgan fingerprint density at radius 2 is 2.04 bits per heavy atom. The summed E-state index contributed by atoms with van der Waals surface area (Å²) in [6, 6.07) is 11.1. The minimum absolute atomic E-state index is 0.00712. The highest BCUT2D eigenvalue weighted by molar-refractivity contribution is 5.72. The van der Waals surface area contributed by atoms with Gasteiger partial charge in [-0.3, -0.25) is 9.20 Å². The molecule has 0 saturated heterocycles. The van der Waals surface area contributed by atoms with Crippen molar-refractivity contribution in [1.29, 1.82) is 0 Å². The fourth-order valence-electron chi connectivity index (χ4n) is 2.54. The van der Waals surface area contributed by atoms with Crippen LogP contribution in [0.25, 0.3) is 5.65 Å². The van der Waals surface area contributed by atoms with E-state index in [1.807, 2.05) is 57.3 Å². The molecule has 0 unspecified atom stereocenters. The normalized spacial score (nSPS) is 11.5. The molecule has 3 rings (SSSR count). The first-order chi connectivity index (χ1) is 12.4. The summed E-state index contributed by atoms with van der Waals surface area (Å²) < 4.78 is 7.48. The Labute approximate surface area is 151 Å². The van der Waals surface area contributed by atoms with Gasteiger partial charge in [-0.15, -0.1) is 10.2 Å². The Morgan fingerprint density at radius 3 is 2.77 bits per heavy atom. The van der Waals surface area contributed by atoms with Crippen LogP contribution in [-0.4, -0.2) is 26.6 Å². The number of hydrogen-bond donors (Lipinski definition) is 1. The average molecular weight is 352 g/mol. The zero-order valence-corrected chi connectivity index (χ0v) is 14.9. The summed E-state index contributed by atoms with van der Waals surface area (Å²) >= 11 is 0. The molecule has 0 radical (unpaired) electrons. The Bertz CT molecular complexity index is 976. The molecule has 7 heteroatoms. The van der Waals surface area contributed by atoms with Crippen LogP contribution in [0, 0.1) is 6.92 Å². The number of para-hydroxylation sites is 1. The van der Waals surface area contributed by atoms with Crippen molar-refractivity contribution in [1.82, 2.24) is 9.38 Å². The Kier molecular flexibility index (Phi) is 4.97. The molecule has 0 aliphatic rings. The number of rotatable bonds is 6. The maximum atomic E-state index is 11.2. The quantitative estimate of drug-likeness (QED) is 0.663. The van der Waals surface area contributed by atoms with Gasteiger partial charge in [-0.25, -0.2) is 4.98 Å². The summed E-state index contributed by atoms with van der Waals surface area (Å²) in [5, 5.41) is 17.7. The van der Waals surface area contributed by atoms with E-state index in [1.54, 1.807) is 10.5 Å². The van der Waals surface area contributed by atoms with Crippen LogP contribution in [0.2, 0.25) is 0 Å². The van der Waals surface area contributed by atoms with E-state index in [0.29, 0.717) is 28.6 Å². The minimum atomic E-state index is -0.967. The van der Waals surface area contributed by atoms with Gasteiger partial charge in [0.25, 0.3) is 0 Å². The van der Waals surface area contributed by atoms with Gasteiger partial charge in [0, 0.05) is 6.20 Å². The second kappa shape index (κ2) is 7.35. The van der Waals surface area contributed by atoms with E-state index in [2.05, 4.69) is 15.2 Å². The third kappa shape index (κ3) is 3.88. The number of azo groups is 1. The number of carboxylic acid groups (broad SMARTS) is 1. The largest absolute Gasteiger partial charge is 0.489 e. The number of carbonyl (C=O) groups is 1. The Balaban J connectivity index is 2.05. The van der Waals surface area contributed by atoms with E-state index >= 15 is 0 Å². The second-order valence-electron chi connectivity index (χ2n) is 6.22. The number of imidazole rings is 1. The van der Waals surface area contributed by atoms with Crippen molar-refractivity contribution in [2.24, 2.45) is 10.2 Å². The van der Waals surface area contributed by atoms with Crippen molar-refractivity contribution in [2.75, 3.05) is 0 Å². The maximum Gasteiger partial charge on any atom is 0.309 e. The zero-order valence-electron chi connectivity index (χ0n) is 14.9. The minimum Gasteiger partial charge on any atom is -0.489 e. The monoisotopic (exact) mass is 352 g/mol. The summed E-state index contributed by atoms with van der Waals surface area (Å²) in [5.41, 5.74) is 2.61. The fraction of sp³-hybridized carbons (Fsp3) is 0.263. The van der Waals surface area contributed by atoms with Crippen molar-refractivity contribution >= 4 is 23.1 Å². The molecule has 0 saturated carbocycles. The number of aromatic nitrogens is 2. The van der Waals surface area contributed by atoms with E-state index in [-0.39, 0.29) is 12.5 Å². The molecular weight excluding hydrogens is 332 g/mol. The van der Waals surface area contributed by atoms with Crippen molar-refractivity contribution in [3.05, 3.63) is 53.9 Å².